The summed E-state index contributed by atoms with van der Waals surface area (Å²) in [6.07, 6.45) is 4.35. The van der Waals surface area contributed by atoms with Gasteiger partial charge in [-0.2, -0.15) is 9.97 Å². The van der Waals surface area contributed by atoms with E-state index < -0.39 is 9.84 Å². The lowest BCUT2D eigenvalue weighted by Crippen LogP contribution is -2.44. The van der Waals surface area contributed by atoms with E-state index in [9.17, 15) is 13.2 Å². The smallest absolute Gasteiger partial charge is 0.319 e. The Balaban J connectivity index is 1.51. The fourth-order valence-corrected chi connectivity index (χ4v) is 5.23. The minimum Gasteiger partial charge on any atom is -0.377 e. The summed E-state index contributed by atoms with van der Waals surface area (Å²) in [5.41, 5.74) is 1.79. The van der Waals surface area contributed by atoms with E-state index in [2.05, 4.69) is 15.6 Å². The van der Waals surface area contributed by atoms with E-state index in [0.717, 1.165) is 19.3 Å². The first-order chi connectivity index (χ1) is 17.8. The van der Waals surface area contributed by atoms with E-state index in [1.165, 1.54) is 6.26 Å². The summed E-state index contributed by atoms with van der Waals surface area (Å²) in [5.74, 6) is 1.15. The molecule has 1 aliphatic heterocycles. The van der Waals surface area contributed by atoms with Gasteiger partial charge in [-0.3, -0.25) is 0 Å². The van der Waals surface area contributed by atoms with Crippen molar-refractivity contribution in [1.82, 2.24) is 20.3 Å². The summed E-state index contributed by atoms with van der Waals surface area (Å²) in [7, 11) is -3.51. The van der Waals surface area contributed by atoms with Gasteiger partial charge in [-0.1, -0.05) is 12.1 Å². The Hall–Kier alpha value is -3.57. The minimum absolute atomic E-state index is 0.0442. The van der Waals surface area contributed by atoms with Crippen molar-refractivity contribution in [3.63, 3.8) is 0 Å². The predicted octanol–water partition coefficient (Wildman–Crippen LogP) is 3.51. The second-order valence-corrected chi connectivity index (χ2v) is 11.5. The van der Waals surface area contributed by atoms with Gasteiger partial charge in [0.1, 0.15) is 0 Å². The lowest BCUT2D eigenvalue weighted by Gasteiger charge is -2.33. The first kappa shape index (κ1) is 25.1. The number of nitrogens with one attached hydrogen (secondary N) is 2. The SMILES string of the molecule is CC1COCCN1c1nc(-c2ccc(NC(=O)NC3CCC3)cc2)nc(-c2ccccc2S(C)(=O)=O)n1. The lowest BCUT2D eigenvalue weighted by molar-refractivity contribution is 0.0981. The van der Waals surface area contributed by atoms with Crippen LogP contribution in [-0.4, -0.2) is 67.5 Å². The van der Waals surface area contributed by atoms with Gasteiger partial charge in [-0.05, 0) is 62.6 Å². The number of anilines is 2. The van der Waals surface area contributed by atoms with Gasteiger partial charge in [-0.25, -0.2) is 18.2 Å². The monoisotopic (exact) mass is 522 g/mol. The molecule has 3 aromatic rings. The summed E-state index contributed by atoms with van der Waals surface area (Å²) >= 11 is 0. The highest BCUT2D eigenvalue weighted by molar-refractivity contribution is 7.90. The van der Waals surface area contributed by atoms with Crippen molar-refractivity contribution in [2.45, 2.75) is 43.2 Å². The number of hydrogen-bond donors (Lipinski definition) is 2. The zero-order valence-electron chi connectivity index (χ0n) is 20.8. The molecule has 10 nitrogen and oxygen atoms in total. The molecular weight excluding hydrogens is 492 g/mol. The molecule has 1 saturated carbocycles. The highest BCUT2D eigenvalue weighted by atomic mass is 32.2. The number of ether oxygens (including phenoxy) is 1. The van der Waals surface area contributed by atoms with E-state index in [0.29, 0.717) is 48.3 Å². The molecule has 194 valence electrons. The van der Waals surface area contributed by atoms with Gasteiger partial charge in [0.05, 0.1) is 24.2 Å². The molecule has 2 fully saturated rings. The minimum atomic E-state index is -3.51. The quantitative estimate of drug-likeness (QED) is 0.504. The lowest BCUT2D eigenvalue weighted by atomic mass is 9.93. The summed E-state index contributed by atoms with van der Waals surface area (Å²) in [6.45, 7) is 3.72. The Morgan fingerprint density at radius 3 is 2.43 bits per heavy atom. The first-order valence-electron chi connectivity index (χ1n) is 12.4. The fourth-order valence-electron chi connectivity index (χ4n) is 4.35. The zero-order chi connectivity index (χ0) is 26.0. The van der Waals surface area contributed by atoms with Crippen molar-refractivity contribution in [3.8, 4) is 22.8 Å². The standard InChI is InChI=1S/C26H30N6O4S/c1-17-16-36-15-14-32(17)25-30-23(29-24(31-25)21-8-3-4-9-22(21)37(2,34)35)18-10-12-20(13-11-18)28-26(33)27-19-6-5-7-19/h3-4,8-13,17,19H,5-7,14-16H2,1-2H3,(H2,27,28,33). The Kier molecular flexibility index (Phi) is 7.07. The number of urea groups is 1. The van der Waals surface area contributed by atoms with Gasteiger partial charge in [0.2, 0.25) is 5.95 Å². The molecule has 1 saturated heterocycles. The average molecular weight is 523 g/mol. The number of carbonyl (C=O) groups excluding carboxylic acids is 1. The molecule has 1 atom stereocenters. The van der Waals surface area contributed by atoms with Crippen LogP contribution in [0, 0.1) is 0 Å². The fraction of sp³-hybridized carbons (Fsp3) is 0.385. The Bertz CT molecular complexity index is 1390. The van der Waals surface area contributed by atoms with E-state index in [4.69, 9.17) is 14.7 Å². The third kappa shape index (κ3) is 5.72. The van der Waals surface area contributed by atoms with Crippen LogP contribution >= 0.6 is 0 Å². The highest BCUT2D eigenvalue weighted by Crippen LogP contribution is 2.29. The van der Waals surface area contributed by atoms with E-state index in [-0.39, 0.29) is 28.8 Å². The number of rotatable bonds is 6. The van der Waals surface area contributed by atoms with Gasteiger partial charge in [0, 0.05) is 35.7 Å². The third-order valence-corrected chi connectivity index (χ3v) is 7.77. The average Bonchev–Trinajstić information content (AvgIpc) is 2.86. The first-order valence-corrected chi connectivity index (χ1v) is 14.2. The van der Waals surface area contributed by atoms with Gasteiger partial charge >= 0.3 is 6.03 Å². The van der Waals surface area contributed by atoms with Crippen molar-refractivity contribution in [2.75, 3.05) is 36.2 Å². The van der Waals surface area contributed by atoms with Crippen LogP contribution in [0.25, 0.3) is 22.8 Å². The van der Waals surface area contributed by atoms with Crippen LogP contribution in [0.15, 0.2) is 53.4 Å². The molecular formula is C26H30N6O4S. The van der Waals surface area contributed by atoms with Crippen LogP contribution in [0.1, 0.15) is 26.2 Å². The number of sulfone groups is 1. The van der Waals surface area contributed by atoms with Crippen LogP contribution in [-0.2, 0) is 14.6 Å². The summed E-state index contributed by atoms with van der Waals surface area (Å²) < 4.78 is 30.6. The number of benzene rings is 2. The second-order valence-electron chi connectivity index (χ2n) is 9.47. The largest absolute Gasteiger partial charge is 0.377 e. The van der Waals surface area contributed by atoms with Crippen LogP contribution in [0.4, 0.5) is 16.4 Å². The van der Waals surface area contributed by atoms with Crippen LogP contribution in [0.2, 0.25) is 0 Å². The molecule has 37 heavy (non-hydrogen) atoms. The van der Waals surface area contributed by atoms with Crippen molar-refractivity contribution in [3.05, 3.63) is 48.5 Å². The number of aromatic nitrogens is 3. The summed E-state index contributed by atoms with van der Waals surface area (Å²) in [5, 5.41) is 5.81. The van der Waals surface area contributed by atoms with Gasteiger partial charge < -0.3 is 20.3 Å². The van der Waals surface area contributed by atoms with Crippen molar-refractivity contribution < 1.29 is 17.9 Å². The second kappa shape index (κ2) is 10.4. The molecule has 0 spiro atoms. The molecule has 0 bridgehead atoms. The maximum absolute atomic E-state index is 12.5. The molecule has 11 heteroatoms. The molecule has 2 N–H and O–H groups in total. The number of morpholine rings is 1. The zero-order valence-corrected chi connectivity index (χ0v) is 21.7. The molecule has 2 aliphatic rings. The van der Waals surface area contributed by atoms with Crippen LogP contribution < -0.4 is 15.5 Å². The number of hydrogen-bond acceptors (Lipinski definition) is 8. The molecule has 1 unspecified atom stereocenters. The number of nitrogens with zero attached hydrogens (tertiary/aromatic N) is 4. The number of amides is 2. The van der Waals surface area contributed by atoms with E-state index >= 15 is 0 Å². The Labute approximate surface area is 216 Å². The van der Waals surface area contributed by atoms with Crippen molar-refractivity contribution >= 4 is 27.5 Å². The molecule has 5 rings (SSSR count). The molecule has 2 aromatic carbocycles. The van der Waals surface area contributed by atoms with Crippen molar-refractivity contribution in [2.24, 2.45) is 0 Å². The van der Waals surface area contributed by atoms with Gasteiger partial charge in [0.15, 0.2) is 21.5 Å². The van der Waals surface area contributed by atoms with E-state index in [1.807, 2.05) is 24.0 Å². The molecule has 1 aliphatic carbocycles. The van der Waals surface area contributed by atoms with Gasteiger partial charge in [-0.15, -0.1) is 0 Å². The topological polar surface area (TPSA) is 126 Å². The van der Waals surface area contributed by atoms with Gasteiger partial charge in [0.25, 0.3) is 0 Å². The normalized spacial score (nSPS) is 18.2. The molecule has 2 amide bonds. The van der Waals surface area contributed by atoms with Crippen LogP contribution in [0.3, 0.4) is 0 Å². The number of carbonyl (C=O) groups is 1. The van der Waals surface area contributed by atoms with Crippen LogP contribution in [0.5, 0.6) is 0 Å². The molecule has 1 aromatic heterocycles. The highest BCUT2D eigenvalue weighted by Gasteiger charge is 2.25. The Morgan fingerprint density at radius 2 is 1.76 bits per heavy atom. The van der Waals surface area contributed by atoms with E-state index in [1.54, 1.807) is 36.4 Å². The van der Waals surface area contributed by atoms with Crippen molar-refractivity contribution in [1.29, 1.82) is 0 Å². The molecule has 0 radical (unpaired) electrons. The summed E-state index contributed by atoms with van der Waals surface area (Å²) in [4.78, 5) is 28.5. The molecule has 2 heterocycles. The third-order valence-electron chi connectivity index (χ3n) is 6.62. The predicted molar refractivity (Wildman–Crippen MR) is 141 cm³/mol. The maximum Gasteiger partial charge on any atom is 0.319 e. The maximum atomic E-state index is 12.5. The Morgan fingerprint density at radius 1 is 1.03 bits per heavy atom. The summed E-state index contributed by atoms with van der Waals surface area (Å²) in [6, 6.07) is 14.0.